The Hall–Kier alpha value is -1.54. The maximum Gasteiger partial charge on any atom is 0.229 e. The Balaban J connectivity index is 1.89. The van der Waals surface area contributed by atoms with E-state index in [9.17, 15) is 8.42 Å². The molecule has 0 saturated heterocycles. The summed E-state index contributed by atoms with van der Waals surface area (Å²) in [5.74, 6) is 0.605. The summed E-state index contributed by atoms with van der Waals surface area (Å²) in [5.41, 5.74) is 3.88. The van der Waals surface area contributed by atoms with Crippen molar-refractivity contribution in [1.82, 2.24) is 4.98 Å². The van der Waals surface area contributed by atoms with Crippen molar-refractivity contribution in [1.29, 1.82) is 0 Å². The zero-order valence-corrected chi connectivity index (χ0v) is 17.7. The highest BCUT2D eigenvalue weighted by atomic mass is 127. The van der Waals surface area contributed by atoms with Gasteiger partial charge in [0, 0.05) is 20.6 Å². The predicted molar refractivity (Wildman–Crippen MR) is 115 cm³/mol. The molecule has 3 aromatic rings. The molecule has 1 heterocycles. The number of fused-ring (bicyclic) bond motifs is 1. The first-order valence-corrected chi connectivity index (χ1v) is 11.6. The van der Waals surface area contributed by atoms with Gasteiger partial charge in [0.15, 0.2) is 0 Å². The fourth-order valence-corrected chi connectivity index (χ4v) is 4.87. The van der Waals surface area contributed by atoms with E-state index in [-0.39, 0.29) is 5.41 Å². The maximum atomic E-state index is 11.7. The molecular weight excluding hydrogens is 459 g/mol. The lowest BCUT2D eigenvalue weighted by Crippen LogP contribution is -2.26. The smallest absolute Gasteiger partial charge is 0.229 e. The van der Waals surface area contributed by atoms with Gasteiger partial charge in [-0.2, -0.15) is 0 Å². The number of aromatic nitrogens is 1. The number of aromatic amines is 1. The normalized spacial score (nSPS) is 17.2. The van der Waals surface area contributed by atoms with E-state index in [1.54, 1.807) is 6.07 Å². The molecule has 1 fully saturated rings. The summed E-state index contributed by atoms with van der Waals surface area (Å²) in [4.78, 5) is 3.32. The fourth-order valence-electron chi connectivity index (χ4n) is 3.94. The third kappa shape index (κ3) is 3.13. The number of hydrogen-bond acceptors (Lipinski definition) is 2. The molecule has 1 aromatic heterocycles. The molecule has 6 heteroatoms. The highest BCUT2D eigenvalue weighted by molar-refractivity contribution is 14.1. The van der Waals surface area contributed by atoms with Crippen LogP contribution in [0.1, 0.15) is 30.9 Å². The standard InChI is InChI=1S/C20H21IN2O2S/c1-20(13-6-7-13,14-8-10-15(21)11-9-14)17-12-22-19-16(17)4-3-5-18(19)23-26(2,24)25/h3-5,8-13,22-23H,6-7H2,1-2H3/t20-/m0/s1. The lowest BCUT2D eigenvalue weighted by molar-refractivity contribution is 0.499. The second-order valence-corrected chi connectivity index (χ2v) is 10.3. The van der Waals surface area contributed by atoms with Crippen molar-refractivity contribution in [2.45, 2.75) is 25.2 Å². The van der Waals surface area contributed by atoms with Crippen LogP contribution in [0, 0.1) is 9.49 Å². The zero-order valence-electron chi connectivity index (χ0n) is 14.7. The van der Waals surface area contributed by atoms with Crippen molar-refractivity contribution in [2.75, 3.05) is 11.0 Å². The Morgan fingerprint density at radius 3 is 2.46 bits per heavy atom. The summed E-state index contributed by atoms with van der Waals surface area (Å²) in [7, 11) is -3.33. The van der Waals surface area contributed by atoms with Crippen LogP contribution < -0.4 is 4.72 Å². The molecule has 0 unspecified atom stereocenters. The molecular formula is C20H21IN2O2S. The van der Waals surface area contributed by atoms with Crippen LogP contribution >= 0.6 is 22.6 Å². The summed E-state index contributed by atoms with van der Waals surface area (Å²) in [6, 6.07) is 14.5. The van der Waals surface area contributed by atoms with Gasteiger partial charge < -0.3 is 4.98 Å². The van der Waals surface area contributed by atoms with Gasteiger partial charge in [-0.25, -0.2) is 8.42 Å². The minimum absolute atomic E-state index is 0.0910. The van der Waals surface area contributed by atoms with Crippen LogP contribution in [-0.2, 0) is 15.4 Å². The topological polar surface area (TPSA) is 62.0 Å². The second kappa shape index (κ2) is 6.27. The molecule has 26 heavy (non-hydrogen) atoms. The molecule has 4 nitrogen and oxygen atoms in total. The van der Waals surface area contributed by atoms with Crippen LogP contribution in [0.15, 0.2) is 48.7 Å². The summed E-state index contributed by atoms with van der Waals surface area (Å²) in [5, 5.41) is 1.08. The van der Waals surface area contributed by atoms with Gasteiger partial charge in [-0.15, -0.1) is 0 Å². The summed E-state index contributed by atoms with van der Waals surface area (Å²) in [6.45, 7) is 2.31. The summed E-state index contributed by atoms with van der Waals surface area (Å²) < 4.78 is 27.2. The SMILES string of the molecule is C[C@](c1ccc(I)cc1)(c1c[nH]c2c(NS(C)(=O)=O)cccc12)C1CC1. The first-order valence-electron chi connectivity index (χ1n) is 8.63. The summed E-state index contributed by atoms with van der Waals surface area (Å²) >= 11 is 2.33. The molecule has 2 N–H and O–H groups in total. The lowest BCUT2D eigenvalue weighted by atomic mass is 9.72. The van der Waals surface area contributed by atoms with E-state index in [2.05, 4.69) is 75.7 Å². The summed E-state index contributed by atoms with van der Waals surface area (Å²) in [6.07, 6.45) is 5.66. The first-order chi connectivity index (χ1) is 12.3. The van der Waals surface area contributed by atoms with Crippen LogP contribution in [0.25, 0.3) is 10.9 Å². The third-order valence-electron chi connectivity index (χ3n) is 5.41. The number of para-hydroxylation sites is 1. The van der Waals surface area contributed by atoms with E-state index in [0.717, 1.165) is 10.9 Å². The van der Waals surface area contributed by atoms with E-state index in [0.29, 0.717) is 11.6 Å². The van der Waals surface area contributed by atoms with Crippen molar-refractivity contribution in [3.05, 3.63) is 63.4 Å². The highest BCUT2D eigenvalue weighted by Gasteiger charge is 2.45. The van der Waals surface area contributed by atoms with Gasteiger partial charge in [-0.1, -0.05) is 31.2 Å². The Bertz CT molecular complexity index is 1070. The number of sulfonamides is 1. The fraction of sp³-hybridized carbons (Fsp3) is 0.300. The molecule has 1 atom stereocenters. The number of rotatable bonds is 5. The molecule has 4 rings (SSSR count). The van der Waals surface area contributed by atoms with E-state index >= 15 is 0 Å². The van der Waals surface area contributed by atoms with E-state index < -0.39 is 10.0 Å². The number of benzene rings is 2. The van der Waals surface area contributed by atoms with Crippen LogP contribution in [0.5, 0.6) is 0 Å². The van der Waals surface area contributed by atoms with Gasteiger partial charge >= 0.3 is 0 Å². The molecule has 2 aromatic carbocycles. The van der Waals surface area contributed by atoms with Gasteiger partial charge in [-0.3, -0.25) is 4.72 Å². The molecule has 136 valence electrons. The highest BCUT2D eigenvalue weighted by Crippen LogP contribution is 2.53. The Morgan fingerprint density at radius 2 is 1.85 bits per heavy atom. The molecule has 1 saturated carbocycles. The Kier molecular flexibility index (Phi) is 4.30. The van der Waals surface area contributed by atoms with Crippen LogP contribution in [-0.4, -0.2) is 19.7 Å². The number of hydrogen-bond donors (Lipinski definition) is 2. The number of H-pyrrole nitrogens is 1. The van der Waals surface area contributed by atoms with Gasteiger partial charge in [0.1, 0.15) is 0 Å². The van der Waals surface area contributed by atoms with Crippen molar-refractivity contribution >= 4 is 49.2 Å². The van der Waals surface area contributed by atoms with Crippen LogP contribution in [0.4, 0.5) is 5.69 Å². The lowest BCUT2D eigenvalue weighted by Gasteiger charge is -2.31. The van der Waals surface area contributed by atoms with Crippen LogP contribution in [0.3, 0.4) is 0 Å². The largest absolute Gasteiger partial charge is 0.359 e. The minimum atomic E-state index is -3.33. The monoisotopic (exact) mass is 480 g/mol. The molecule has 0 amide bonds. The van der Waals surface area contributed by atoms with Gasteiger partial charge in [0.2, 0.25) is 10.0 Å². The molecule has 1 aliphatic rings. The molecule has 0 aliphatic heterocycles. The van der Waals surface area contributed by atoms with Crippen molar-refractivity contribution in [3.63, 3.8) is 0 Å². The van der Waals surface area contributed by atoms with Gasteiger partial charge in [-0.05, 0) is 70.7 Å². The zero-order chi connectivity index (χ0) is 18.5. The number of halogens is 1. The minimum Gasteiger partial charge on any atom is -0.359 e. The van der Waals surface area contributed by atoms with E-state index in [4.69, 9.17) is 0 Å². The quantitative estimate of drug-likeness (QED) is 0.513. The number of anilines is 1. The van der Waals surface area contributed by atoms with E-state index in [1.807, 2.05) is 6.07 Å². The molecule has 0 spiro atoms. The number of nitrogens with one attached hydrogen (secondary N) is 2. The van der Waals surface area contributed by atoms with Crippen molar-refractivity contribution in [3.8, 4) is 0 Å². The Morgan fingerprint density at radius 1 is 1.15 bits per heavy atom. The molecule has 0 bridgehead atoms. The third-order valence-corrected chi connectivity index (χ3v) is 6.72. The molecule has 1 aliphatic carbocycles. The Labute approximate surface area is 167 Å². The van der Waals surface area contributed by atoms with Crippen LogP contribution in [0.2, 0.25) is 0 Å². The predicted octanol–water partition coefficient (Wildman–Crippen LogP) is 4.86. The van der Waals surface area contributed by atoms with Crippen molar-refractivity contribution in [2.24, 2.45) is 5.92 Å². The maximum absolute atomic E-state index is 11.7. The second-order valence-electron chi connectivity index (χ2n) is 7.29. The van der Waals surface area contributed by atoms with Crippen molar-refractivity contribution < 1.29 is 8.42 Å². The first kappa shape index (κ1) is 17.9. The van der Waals surface area contributed by atoms with E-state index in [1.165, 1.54) is 33.8 Å². The average molecular weight is 480 g/mol. The van der Waals surface area contributed by atoms with Gasteiger partial charge in [0.05, 0.1) is 17.5 Å². The average Bonchev–Trinajstić information content (AvgIpc) is 3.33. The van der Waals surface area contributed by atoms with Gasteiger partial charge in [0.25, 0.3) is 0 Å². The molecule has 0 radical (unpaired) electrons.